The van der Waals surface area contributed by atoms with Crippen LogP contribution in [0.1, 0.15) is 0 Å². The van der Waals surface area contributed by atoms with Gasteiger partial charge < -0.3 is 11.0 Å². The Balaban J connectivity index is 0. The van der Waals surface area contributed by atoms with Gasteiger partial charge in [0.15, 0.2) is 0 Å². The average Bonchev–Trinajstić information content (AvgIpc) is 0. The van der Waals surface area contributed by atoms with Crippen molar-refractivity contribution >= 4 is 48.4 Å². The zero-order valence-electron chi connectivity index (χ0n) is 1.00. The molecule has 4 heteroatoms. The first kappa shape index (κ1) is 48.9. The first-order valence-corrected chi connectivity index (χ1v) is 0. The monoisotopic (exact) mass is 68.0 g/mol. The minimum atomic E-state index is 0. The number of rotatable bonds is 0. The third-order valence-electron chi connectivity index (χ3n) is 0. The van der Waals surface area contributed by atoms with Crippen LogP contribution in [-0.4, -0.2) is 59.4 Å². The Morgan fingerprint density at radius 2 is 0.750 bits per heavy atom. The SMILES string of the molecule is O.O.[LiH].[NaH]. The summed E-state index contributed by atoms with van der Waals surface area (Å²) in [6, 6.07) is 0. The molecule has 20 valence electrons. The van der Waals surface area contributed by atoms with Gasteiger partial charge in [-0.25, -0.2) is 0 Å². The molecule has 0 heterocycles. The molecule has 0 aromatic carbocycles. The van der Waals surface area contributed by atoms with Crippen LogP contribution in [0.5, 0.6) is 0 Å². The molecule has 4 heavy (non-hydrogen) atoms. The van der Waals surface area contributed by atoms with Crippen molar-refractivity contribution in [2.75, 3.05) is 0 Å². The summed E-state index contributed by atoms with van der Waals surface area (Å²) < 4.78 is 0. The van der Waals surface area contributed by atoms with Crippen molar-refractivity contribution in [2.24, 2.45) is 0 Å². The zero-order chi connectivity index (χ0) is 0. The Kier molecular flexibility index (Phi) is 297. The molecule has 0 aliphatic heterocycles. The Labute approximate surface area is 59.0 Å². The summed E-state index contributed by atoms with van der Waals surface area (Å²) in [5.41, 5.74) is 0. The van der Waals surface area contributed by atoms with Crippen molar-refractivity contribution in [3.05, 3.63) is 0 Å². The van der Waals surface area contributed by atoms with E-state index < -0.39 is 0 Å². The molecule has 0 unspecified atom stereocenters. The van der Waals surface area contributed by atoms with E-state index in [1.165, 1.54) is 0 Å². The average molecular weight is 68.0 g/mol. The van der Waals surface area contributed by atoms with Gasteiger partial charge in [0, 0.05) is 0 Å². The molecule has 0 atom stereocenters. The molecular formula is H6LiNaO2. The van der Waals surface area contributed by atoms with E-state index in [0.29, 0.717) is 0 Å². The first-order valence-electron chi connectivity index (χ1n) is 0. The van der Waals surface area contributed by atoms with E-state index in [4.69, 9.17) is 0 Å². The molecule has 0 aromatic heterocycles. The maximum atomic E-state index is 0. The van der Waals surface area contributed by atoms with Gasteiger partial charge in [0.2, 0.25) is 0 Å². The van der Waals surface area contributed by atoms with Crippen molar-refractivity contribution < 1.29 is 11.0 Å². The third-order valence-corrected chi connectivity index (χ3v) is 0. The quantitative estimate of drug-likeness (QED) is 0.272. The van der Waals surface area contributed by atoms with Gasteiger partial charge >= 0.3 is 48.4 Å². The topological polar surface area (TPSA) is 63.0 Å². The van der Waals surface area contributed by atoms with E-state index in [2.05, 4.69) is 0 Å². The van der Waals surface area contributed by atoms with E-state index in [9.17, 15) is 0 Å². The summed E-state index contributed by atoms with van der Waals surface area (Å²) in [7, 11) is 0. The molecule has 0 fully saturated rings. The van der Waals surface area contributed by atoms with Crippen LogP contribution in [0, 0.1) is 0 Å². The van der Waals surface area contributed by atoms with Crippen LogP contribution in [0.3, 0.4) is 0 Å². The van der Waals surface area contributed by atoms with Crippen LogP contribution < -0.4 is 0 Å². The van der Waals surface area contributed by atoms with Gasteiger partial charge in [-0.05, 0) is 0 Å². The van der Waals surface area contributed by atoms with E-state index >= 15 is 0 Å². The van der Waals surface area contributed by atoms with Crippen LogP contribution in [-0.2, 0) is 0 Å². The van der Waals surface area contributed by atoms with E-state index in [0.717, 1.165) is 0 Å². The van der Waals surface area contributed by atoms with E-state index in [1.54, 1.807) is 0 Å². The molecule has 0 aromatic rings. The van der Waals surface area contributed by atoms with Gasteiger partial charge in [0.1, 0.15) is 0 Å². The Hall–Kier alpha value is 1.52. The number of hydrogen-bond acceptors (Lipinski definition) is 0. The molecule has 4 N–H and O–H groups in total. The Morgan fingerprint density at radius 3 is 0.750 bits per heavy atom. The molecule has 0 rings (SSSR count). The minimum absolute atomic E-state index is 0. The van der Waals surface area contributed by atoms with Crippen molar-refractivity contribution in [1.29, 1.82) is 0 Å². The van der Waals surface area contributed by atoms with Crippen LogP contribution >= 0.6 is 0 Å². The number of hydrogen-bond donors (Lipinski definition) is 0. The molecule has 0 aliphatic carbocycles. The molecule has 0 aliphatic rings. The fourth-order valence-corrected chi connectivity index (χ4v) is 0. The van der Waals surface area contributed by atoms with Gasteiger partial charge in [-0.3, -0.25) is 0 Å². The molecule has 0 radical (unpaired) electrons. The predicted octanol–water partition coefficient (Wildman–Crippen LogP) is -2.95. The summed E-state index contributed by atoms with van der Waals surface area (Å²) in [5.74, 6) is 0. The second-order valence-corrected chi connectivity index (χ2v) is 0. The molecule has 0 saturated heterocycles. The van der Waals surface area contributed by atoms with Crippen molar-refractivity contribution in [1.82, 2.24) is 0 Å². The van der Waals surface area contributed by atoms with Crippen LogP contribution in [0.2, 0.25) is 0 Å². The van der Waals surface area contributed by atoms with Gasteiger partial charge in [-0.2, -0.15) is 0 Å². The summed E-state index contributed by atoms with van der Waals surface area (Å²) >= 11 is 0. The fraction of sp³-hybridized carbons (Fsp3) is 0. The Morgan fingerprint density at radius 1 is 0.750 bits per heavy atom. The summed E-state index contributed by atoms with van der Waals surface area (Å²) in [6.45, 7) is 0. The van der Waals surface area contributed by atoms with Gasteiger partial charge in [0.25, 0.3) is 0 Å². The van der Waals surface area contributed by atoms with Crippen molar-refractivity contribution in [3.8, 4) is 0 Å². The Bertz CT molecular complexity index is 6.00. The second kappa shape index (κ2) is 24.3. The normalized spacial score (nSPS) is 0. The predicted molar refractivity (Wildman–Crippen MR) is 21.5 cm³/mol. The molecule has 0 saturated carbocycles. The molecule has 0 amide bonds. The molecule has 0 bridgehead atoms. The van der Waals surface area contributed by atoms with Crippen LogP contribution in [0.25, 0.3) is 0 Å². The molecule has 2 nitrogen and oxygen atoms in total. The van der Waals surface area contributed by atoms with E-state index in [1.807, 2.05) is 0 Å². The van der Waals surface area contributed by atoms with Gasteiger partial charge in [0.05, 0.1) is 0 Å². The van der Waals surface area contributed by atoms with Crippen LogP contribution in [0.15, 0.2) is 0 Å². The summed E-state index contributed by atoms with van der Waals surface area (Å²) in [5, 5.41) is 0. The second-order valence-electron chi connectivity index (χ2n) is 0. The van der Waals surface area contributed by atoms with Crippen molar-refractivity contribution in [2.45, 2.75) is 0 Å². The third kappa shape index (κ3) is 9.68. The van der Waals surface area contributed by atoms with Crippen LogP contribution in [0.4, 0.5) is 0 Å². The van der Waals surface area contributed by atoms with Gasteiger partial charge in [-0.15, -0.1) is 0 Å². The molecule has 0 spiro atoms. The summed E-state index contributed by atoms with van der Waals surface area (Å²) in [6.07, 6.45) is 0. The fourth-order valence-electron chi connectivity index (χ4n) is 0. The zero-order valence-corrected chi connectivity index (χ0v) is 1.00. The van der Waals surface area contributed by atoms with Gasteiger partial charge in [-0.1, -0.05) is 0 Å². The van der Waals surface area contributed by atoms with E-state index in [-0.39, 0.29) is 59.4 Å². The standard InChI is InChI=1S/Li.Na.2H2O.2H/h;;2*1H2;;. The van der Waals surface area contributed by atoms with Crippen molar-refractivity contribution in [3.63, 3.8) is 0 Å². The first-order chi connectivity index (χ1) is 0. The summed E-state index contributed by atoms with van der Waals surface area (Å²) in [4.78, 5) is 0. The maximum absolute atomic E-state index is 0. The molecular weight excluding hydrogens is 61.9 g/mol.